The lowest BCUT2D eigenvalue weighted by molar-refractivity contribution is 0.234. The van der Waals surface area contributed by atoms with Crippen LogP contribution in [0.5, 0.6) is 0 Å². The number of pyridine rings is 1. The fourth-order valence-electron chi connectivity index (χ4n) is 2.48. The second-order valence-corrected chi connectivity index (χ2v) is 6.09. The minimum absolute atomic E-state index is 0.565. The van der Waals surface area contributed by atoms with Crippen LogP contribution in [0.25, 0.3) is 10.9 Å². The van der Waals surface area contributed by atoms with Crippen LogP contribution in [0.2, 0.25) is 5.15 Å². The molecule has 19 heavy (non-hydrogen) atoms. The van der Waals surface area contributed by atoms with Crippen LogP contribution >= 0.6 is 27.5 Å². The summed E-state index contributed by atoms with van der Waals surface area (Å²) >= 11 is 9.61. The molecule has 5 heteroatoms. The van der Waals surface area contributed by atoms with Crippen molar-refractivity contribution in [2.24, 2.45) is 0 Å². The molecule has 0 unspecified atom stereocenters. The predicted molar refractivity (Wildman–Crippen MR) is 82.6 cm³/mol. The van der Waals surface area contributed by atoms with E-state index < -0.39 is 0 Å². The third-order valence-corrected chi connectivity index (χ3v) is 4.12. The van der Waals surface area contributed by atoms with E-state index in [1.54, 1.807) is 0 Å². The molecule has 1 saturated heterocycles. The standard InChI is InChI=1S/C14H15BrClN3/c15-11-1-2-12-10(7-14(16)18-13(12)8-11)9-19-5-3-17-4-6-19/h1-2,7-8,17H,3-6,9H2. The topological polar surface area (TPSA) is 28.2 Å². The number of aromatic nitrogens is 1. The molecule has 2 heterocycles. The molecule has 1 aromatic heterocycles. The van der Waals surface area contributed by atoms with E-state index in [9.17, 15) is 0 Å². The number of fused-ring (bicyclic) bond motifs is 1. The Bertz CT molecular complexity index is 591. The van der Waals surface area contributed by atoms with E-state index in [-0.39, 0.29) is 0 Å². The molecular formula is C14H15BrClN3. The van der Waals surface area contributed by atoms with E-state index in [0.29, 0.717) is 5.15 Å². The molecule has 1 aliphatic heterocycles. The Morgan fingerprint density at radius 1 is 1.26 bits per heavy atom. The quantitative estimate of drug-likeness (QED) is 0.852. The van der Waals surface area contributed by atoms with Crippen LogP contribution in [0.15, 0.2) is 28.7 Å². The summed E-state index contributed by atoms with van der Waals surface area (Å²) in [5, 5.41) is 5.12. The van der Waals surface area contributed by atoms with Crippen LogP contribution < -0.4 is 5.32 Å². The van der Waals surface area contributed by atoms with Gasteiger partial charge in [0.2, 0.25) is 0 Å². The van der Waals surface area contributed by atoms with Crippen molar-refractivity contribution in [2.75, 3.05) is 26.2 Å². The number of nitrogens with one attached hydrogen (secondary N) is 1. The third-order valence-electron chi connectivity index (χ3n) is 3.43. The van der Waals surface area contributed by atoms with E-state index in [1.807, 2.05) is 12.1 Å². The van der Waals surface area contributed by atoms with Crippen LogP contribution in [-0.2, 0) is 6.54 Å². The van der Waals surface area contributed by atoms with Crippen LogP contribution in [0.1, 0.15) is 5.56 Å². The van der Waals surface area contributed by atoms with Crippen LogP contribution in [0.3, 0.4) is 0 Å². The number of rotatable bonds is 2. The van der Waals surface area contributed by atoms with Gasteiger partial charge in [-0.05, 0) is 23.8 Å². The molecular weight excluding hydrogens is 326 g/mol. The molecule has 0 atom stereocenters. The fourth-order valence-corrected chi connectivity index (χ4v) is 3.05. The highest BCUT2D eigenvalue weighted by molar-refractivity contribution is 9.10. The Morgan fingerprint density at radius 2 is 2.05 bits per heavy atom. The van der Waals surface area contributed by atoms with E-state index in [2.05, 4.69) is 43.3 Å². The van der Waals surface area contributed by atoms with Gasteiger partial charge in [-0.15, -0.1) is 0 Å². The molecule has 0 radical (unpaired) electrons. The molecule has 3 nitrogen and oxygen atoms in total. The average molecular weight is 341 g/mol. The average Bonchev–Trinajstić information content (AvgIpc) is 2.39. The molecule has 1 aliphatic rings. The van der Waals surface area contributed by atoms with Gasteiger partial charge >= 0.3 is 0 Å². The Balaban J connectivity index is 1.97. The SMILES string of the molecule is Clc1cc(CN2CCNCC2)c2ccc(Br)cc2n1. The lowest BCUT2D eigenvalue weighted by Crippen LogP contribution is -2.42. The molecule has 0 saturated carbocycles. The molecule has 3 rings (SSSR count). The van der Waals surface area contributed by atoms with Crippen molar-refractivity contribution in [3.8, 4) is 0 Å². The van der Waals surface area contributed by atoms with Gasteiger partial charge in [0.25, 0.3) is 0 Å². The number of hydrogen-bond donors (Lipinski definition) is 1. The smallest absolute Gasteiger partial charge is 0.130 e. The number of benzene rings is 1. The zero-order chi connectivity index (χ0) is 13.2. The molecule has 1 fully saturated rings. The third kappa shape index (κ3) is 3.08. The molecule has 0 spiro atoms. The fraction of sp³-hybridized carbons (Fsp3) is 0.357. The second kappa shape index (κ2) is 5.75. The number of halogens is 2. The maximum Gasteiger partial charge on any atom is 0.130 e. The van der Waals surface area contributed by atoms with Crippen molar-refractivity contribution in [3.05, 3.63) is 39.5 Å². The largest absolute Gasteiger partial charge is 0.314 e. The lowest BCUT2D eigenvalue weighted by atomic mass is 10.1. The van der Waals surface area contributed by atoms with Crippen molar-refractivity contribution < 1.29 is 0 Å². The van der Waals surface area contributed by atoms with E-state index in [4.69, 9.17) is 11.6 Å². The minimum atomic E-state index is 0.565. The molecule has 100 valence electrons. The normalized spacial score (nSPS) is 16.9. The van der Waals surface area contributed by atoms with E-state index in [1.165, 1.54) is 10.9 Å². The van der Waals surface area contributed by atoms with E-state index in [0.717, 1.165) is 42.7 Å². The first-order chi connectivity index (χ1) is 9.22. The Labute approximate surface area is 126 Å². The first kappa shape index (κ1) is 13.3. The zero-order valence-electron chi connectivity index (χ0n) is 10.5. The summed E-state index contributed by atoms with van der Waals surface area (Å²) < 4.78 is 1.03. The molecule has 0 aliphatic carbocycles. The first-order valence-electron chi connectivity index (χ1n) is 6.40. The number of nitrogens with zero attached hydrogens (tertiary/aromatic N) is 2. The van der Waals surface area contributed by atoms with Gasteiger partial charge in [0, 0.05) is 42.6 Å². The summed E-state index contributed by atoms with van der Waals surface area (Å²) in [6.07, 6.45) is 0. The first-order valence-corrected chi connectivity index (χ1v) is 7.57. The summed E-state index contributed by atoms with van der Waals surface area (Å²) in [5.41, 5.74) is 2.21. The highest BCUT2D eigenvalue weighted by Crippen LogP contribution is 2.25. The lowest BCUT2D eigenvalue weighted by Gasteiger charge is -2.27. The van der Waals surface area contributed by atoms with Gasteiger partial charge in [-0.2, -0.15) is 0 Å². The van der Waals surface area contributed by atoms with Crippen LogP contribution in [0.4, 0.5) is 0 Å². The monoisotopic (exact) mass is 339 g/mol. The maximum atomic E-state index is 6.14. The van der Waals surface area contributed by atoms with Crippen molar-refractivity contribution in [3.63, 3.8) is 0 Å². The Hall–Kier alpha value is -0.680. The van der Waals surface area contributed by atoms with E-state index >= 15 is 0 Å². The van der Waals surface area contributed by atoms with Crippen molar-refractivity contribution >= 4 is 38.4 Å². The molecule has 1 aromatic carbocycles. The van der Waals surface area contributed by atoms with Gasteiger partial charge in [-0.1, -0.05) is 33.6 Å². The van der Waals surface area contributed by atoms with Crippen molar-refractivity contribution in [1.82, 2.24) is 15.2 Å². The Morgan fingerprint density at radius 3 is 2.84 bits per heavy atom. The van der Waals surface area contributed by atoms with Gasteiger partial charge in [0.05, 0.1) is 5.52 Å². The summed E-state index contributed by atoms with van der Waals surface area (Å²) in [6.45, 7) is 5.21. The van der Waals surface area contributed by atoms with Crippen molar-refractivity contribution in [1.29, 1.82) is 0 Å². The molecule has 0 amide bonds. The number of piperazine rings is 1. The Kier molecular flexibility index (Phi) is 4.03. The molecule has 0 bridgehead atoms. The maximum absolute atomic E-state index is 6.14. The summed E-state index contributed by atoms with van der Waals surface area (Å²) in [6, 6.07) is 8.17. The summed E-state index contributed by atoms with van der Waals surface area (Å²) in [7, 11) is 0. The van der Waals surface area contributed by atoms with Crippen molar-refractivity contribution in [2.45, 2.75) is 6.54 Å². The predicted octanol–water partition coefficient (Wildman–Crippen LogP) is 3.06. The van der Waals surface area contributed by atoms with Gasteiger partial charge in [0.15, 0.2) is 0 Å². The van der Waals surface area contributed by atoms with Gasteiger partial charge in [-0.25, -0.2) is 4.98 Å². The highest BCUT2D eigenvalue weighted by atomic mass is 79.9. The summed E-state index contributed by atoms with van der Waals surface area (Å²) in [4.78, 5) is 6.84. The molecule has 2 aromatic rings. The van der Waals surface area contributed by atoms with Gasteiger partial charge in [0.1, 0.15) is 5.15 Å². The van der Waals surface area contributed by atoms with Crippen LogP contribution in [-0.4, -0.2) is 36.1 Å². The molecule has 1 N–H and O–H groups in total. The highest BCUT2D eigenvalue weighted by Gasteiger charge is 2.13. The van der Waals surface area contributed by atoms with Crippen LogP contribution in [0, 0.1) is 0 Å². The zero-order valence-corrected chi connectivity index (χ0v) is 12.8. The van der Waals surface area contributed by atoms with Gasteiger partial charge < -0.3 is 5.32 Å². The minimum Gasteiger partial charge on any atom is -0.314 e. The second-order valence-electron chi connectivity index (χ2n) is 4.79. The number of hydrogen-bond acceptors (Lipinski definition) is 3. The van der Waals surface area contributed by atoms with Gasteiger partial charge in [-0.3, -0.25) is 4.90 Å². The summed E-state index contributed by atoms with van der Waals surface area (Å²) in [5.74, 6) is 0.